The predicted molar refractivity (Wildman–Crippen MR) is 86.8 cm³/mol. The van der Waals surface area contributed by atoms with Gasteiger partial charge in [0.25, 0.3) is 5.91 Å². The van der Waals surface area contributed by atoms with Crippen molar-refractivity contribution in [2.24, 2.45) is 5.92 Å². The molecule has 1 aliphatic rings. The van der Waals surface area contributed by atoms with E-state index in [9.17, 15) is 4.79 Å². The van der Waals surface area contributed by atoms with Gasteiger partial charge in [0.2, 0.25) is 10.1 Å². The first kappa shape index (κ1) is 16.2. The van der Waals surface area contributed by atoms with Crippen LogP contribution in [0.5, 0.6) is 0 Å². The Bertz CT molecular complexity index is 441. The molecule has 118 valence electrons. The normalized spacial score (nSPS) is 22.0. The van der Waals surface area contributed by atoms with Gasteiger partial charge < -0.3 is 10.6 Å². The van der Waals surface area contributed by atoms with Crippen LogP contribution in [-0.4, -0.2) is 28.7 Å². The van der Waals surface area contributed by atoms with E-state index in [2.05, 4.69) is 34.7 Å². The summed E-state index contributed by atoms with van der Waals surface area (Å²) in [6, 6.07) is 0.307. The van der Waals surface area contributed by atoms with Gasteiger partial charge in [-0.15, -0.1) is 10.2 Å². The maximum Gasteiger partial charge on any atom is 0.282 e. The number of hydrogen-bond acceptors (Lipinski definition) is 5. The van der Waals surface area contributed by atoms with Crippen LogP contribution in [0.4, 0.5) is 5.13 Å². The highest BCUT2D eigenvalue weighted by Crippen LogP contribution is 2.28. The van der Waals surface area contributed by atoms with E-state index >= 15 is 0 Å². The molecule has 1 amide bonds. The standard InChI is InChI=1S/C15H26N4OS/c1-3-5-11-6-8-12(9-7-11)17-13(20)14-18-19-15(21-14)16-10-4-2/h11-12H,3-10H2,1-2H3,(H,16,19)(H,17,20). The molecule has 2 N–H and O–H groups in total. The van der Waals surface area contributed by atoms with Crippen LogP contribution in [0.15, 0.2) is 0 Å². The van der Waals surface area contributed by atoms with Crippen LogP contribution in [0.25, 0.3) is 0 Å². The summed E-state index contributed by atoms with van der Waals surface area (Å²) in [5.74, 6) is 0.783. The van der Waals surface area contributed by atoms with E-state index in [0.717, 1.165) is 36.9 Å². The van der Waals surface area contributed by atoms with E-state index in [-0.39, 0.29) is 5.91 Å². The largest absolute Gasteiger partial charge is 0.360 e. The quantitative estimate of drug-likeness (QED) is 0.809. The van der Waals surface area contributed by atoms with Crippen LogP contribution >= 0.6 is 11.3 Å². The number of rotatable bonds is 7. The second kappa shape index (κ2) is 8.32. The van der Waals surface area contributed by atoms with Crippen LogP contribution in [0.1, 0.15) is 68.6 Å². The third-order valence-corrected chi connectivity index (χ3v) is 4.90. The SMILES string of the molecule is CCCNc1nnc(C(=O)NC2CCC(CCC)CC2)s1. The summed E-state index contributed by atoms with van der Waals surface area (Å²) in [5, 5.41) is 15.4. The zero-order valence-electron chi connectivity index (χ0n) is 13.0. The first-order valence-electron chi connectivity index (χ1n) is 8.11. The lowest BCUT2D eigenvalue weighted by molar-refractivity contribution is 0.0920. The minimum Gasteiger partial charge on any atom is -0.360 e. The monoisotopic (exact) mass is 310 g/mol. The molecular formula is C15H26N4OS. The van der Waals surface area contributed by atoms with Crippen LogP contribution < -0.4 is 10.6 Å². The van der Waals surface area contributed by atoms with Crippen molar-refractivity contribution in [3.63, 3.8) is 0 Å². The lowest BCUT2D eigenvalue weighted by Crippen LogP contribution is -2.37. The van der Waals surface area contributed by atoms with Gasteiger partial charge in [0.1, 0.15) is 0 Å². The lowest BCUT2D eigenvalue weighted by atomic mass is 9.83. The van der Waals surface area contributed by atoms with E-state index in [4.69, 9.17) is 0 Å². The molecule has 5 nitrogen and oxygen atoms in total. The molecule has 0 aromatic carbocycles. The molecule has 0 bridgehead atoms. The average molecular weight is 310 g/mol. The molecule has 2 rings (SSSR count). The first-order valence-corrected chi connectivity index (χ1v) is 8.92. The van der Waals surface area contributed by atoms with Gasteiger partial charge in [-0.05, 0) is 38.0 Å². The van der Waals surface area contributed by atoms with Crippen LogP contribution in [0, 0.1) is 5.92 Å². The Morgan fingerprint density at radius 3 is 2.62 bits per heavy atom. The molecule has 1 fully saturated rings. The van der Waals surface area contributed by atoms with Crippen molar-refractivity contribution in [2.45, 2.75) is 64.8 Å². The van der Waals surface area contributed by atoms with Crippen molar-refractivity contribution < 1.29 is 4.79 Å². The molecule has 6 heteroatoms. The molecule has 0 spiro atoms. The van der Waals surface area contributed by atoms with Crippen LogP contribution in [0.3, 0.4) is 0 Å². The number of amides is 1. The van der Waals surface area contributed by atoms with Gasteiger partial charge >= 0.3 is 0 Å². The van der Waals surface area contributed by atoms with Gasteiger partial charge in [0.15, 0.2) is 0 Å². The van der Waals surface area contributed by atoms with Gasteiger partial charge in [-0.1, -0.05) is 38.0 Å². The van der Waals surface area contributed by atoms with E-state index in [1.807, 2.05) is 0 Å². The van der Waals surface area contributed by atoms with Gasteiger partial charge in [-0.3, -0.25) is 4.79 Å². The zero-order chi connectivity index (χ0) is 15.1. The van der Waals surface area contributed by atoms with Crippen molar-refractivity contribution in [2.75, 3.05) is 11.9 Å². The Hall–Kier alpha value is -1.17. The molecule has 0 atom stereocenters. The molecule has 0 saturated heterocycles. The number of nitrogens with zero attached hydrogens (tertiary/aromatic N) is 2. The number of aromatic nitrogens is 2. The van der Waals surface area contributed by atoms with Crippen LogP contribution in [0.2, 0.25) is 0 Å². The highest BCUT2D eigenvalue weighted by atomic mass is 32.1. The third-order valence-electron chi connectivity index (χ3n) is 4.02. The average Bonchev–Trinajstić information content (AvgIpc) is 2.96. The summed E-state index contributed by atoms with van der Waals surface area (Å²) in [5.41, 5.74) is 0. The number of carbonyl (C=O) groups excluding carboxylic acids is 1. The molecule has 1 saturated carbocycles. The summed E-state index contributed by atoms with van der Waals surface area (Å²) in [4.78, 5) is 12.2. The maximum atomic E-state index is 12.2. The van der Waals surface area contributed by atoms with E-state index in [1.165, 1.54) is 37.0 Å². The fourth-order valence-electron chi connectivity index (χ4n) is 2.87. The second-order valence-electron chi connectivity index (χ2n) is 5.82. The third kappa shape index (κ3) is 4.95. The smallest absolute Gasteiger partial charge is 0.282 e. The molecule has 1 heterocycles. The maximum absolute atomic E-state index is 12.2. The van der Waals surface area contributed by atoms with Crippen molar-refractivity contribution in [3.05, 3.63) is 5.01 Å². The molecule has 21 heavy (non-hydrogen) atoms. The topological polar surface area (TPSA) is 66.9 Å². The molecular weight excluding hydrogens is 284 g/mol. The Labute approximate surface area is 130 Å². The van der Waals surface area contributed by atoms with E-state index in [0.29, 0.717) is 11.0 Å². The second-order valence-corrected chi connectivity index (χ2v) is 6.80. The highest BCUT2D eigenvalue weighted by molar-refractivity contribution is 7.17. The fourth-order valence-corrected chi connectivity index (χ4v) is 3.54. The minimum absolute atomic E-state index is 0.0732. The Morgan fingerprint density at radius 2 is 1.95 bits per heavy atom. The molecule has 0 radical (unpaired) electrons. The Kier molecular flexibility index (Phi) is 6.42. The number of carbonyl (C=O) groups is 1. The Morgan fingerprint density at radius 1 is 1.19 bits per heavy atom. The highest BCUT2D eigenvalue weighted by Gasteiger charge is 2.23. The molecule has 1 aromatic heterocycles. The Balaban J connectivity index is 1.78. The number of anilines is 1. The van der Waals surface area contributed by atoms with Gasteiger partial charge in [-0.25, -0.2) is 0 Å². The molecule has 0 unspecified atom stereocenters. The van der Waals surface area contributed by atoms with Gasteiger partial charge in [0, 0.05) is 12.6 Å². The van der Waals surface area contributed by atoms with E-state index in [1.54, 1.807) is 0 Å². The van der Waals surface area contributed by atoms with Crippen molar-refractivity contribution in [3.8, 4) is 0 Å². The molecule has 1 aliphatic carbocycles. The summed E-state index contributed by atoms with van der Waals surface area (Å²) < 4.78 is 0. The summed E-state index contributed by atoms with van der Waals surface area (Å²) >= 11 is 1.33. The zero-order valence-corrected chi connectivity index (χ0v) is 13.8. The summed E-state index contributed by atoms with van der Waals surface area (Å²) in [7, 11) is 0. The van der Waals surface area contributed by atoms with Crippen molar-refractivity contribution in [1.29, 1.82) is 0 Å². The number of hydrogen-bond donors (Lipinski definition) is 2. The van der Waals surface area contributed by atoms with Crippen LogP contribution in [-0.2, 0) is 0 Å². The minimum atomic E-state index is -0.0732. The lowest BCUT2D eigenvalue weighted by Gasteiger charge is -2.28. The summed E-state index contributed by atoms with van der Waals surface area (Å²) in [6.07, 6.45) is 8.27. The van der Waals surface area contributed by atoms with Crippen molar-refractivity contribution in [1.82, 2.24) is 15.5 Å². The number of nitrogens with one attached hydrogen (secondary N) is 2. The predicted octanol–water partition coefficient (Wildman–Crippen LogP) is 3.45. The van der Waals surface area contributed by atoms with Gasteiger partial charge in [-0.2, -0.15) is 0 Å². The fraction of sp³-hybridized carbons (Fsp3) is 0.800. The first-order chi connectivity index (χ1) is 10.2. The van der Waals surface area contributed by atoms with E-state index < -0.39 is 0 Å². The molecule has 1 aromatic rings. The van der Waals surface area contributed by atoms with Gasteiger partial charge in [0.05, 0.1) is 0 Å². The summed E-state index contributed by atoms with van der Waals surface area (Å²) in [6.45, 7) is 5.20. The molecule has 0 aliphatic heterocycles. The van der Waals surface area contributed by atoms with Crippen molar-refractivity contribution >= 4 is 22.4 Å².